The van der Waals surface area contributed by atoms with Crippen LogP contribution in [0.25, 0.3) is 0 Å². The molecule has 18 heavy (non-hydrogen) atoms. The number of rotatable bonds is 6. The third kappa shape index (κ3) is 2.79. The predicted octanol–water partition coefficient (Wildman–Crippen LogP) is 1.72. The summed E-state index contributed by atoms with van der Waals surface area (Å²) in [6.45, 7) is 1.25. The number of nitrogens with two attached hydrogens (primary N) is 1. The van der Waals surface area contributed by atoms with E-state index in [2.05, 4.69) is 0 Å². The number of ether oxygens (including phenoxy) is 1. The van der Waals surface area contributed by atoms with E-state index in [1.54, 1.807) is 19.2 Å². The molecule has 0 atom stereocenters. The molecule has 1 aliphatic rings. The van der Waals surface area contributed by atoms with Crippen molar-refractivity contribution in [1.29, 1.82) is 5.41 Å². The molecule has 0 unspecified atom stereocenters. The number of hydrogen-bond acceptors (Lipinski definition) is 3. The summed E-state index contributed by atoms with van der Waals surface area (Å²) in [5.74, 6) is -0.444. The summed E-state index contributed by atoms with van der Waals surface area (Å²) in [5.41, 5.74) is 6.33. The van der Waals surface area contributed by atoms with Gasteiger partial charge in [0.15, 0.2) is 0 Å². The third-order valence-electron chi connectivity index (χ3n) is 3.09. The topological polar surface area (TPSA) is 62.3 Å². The van der Waals surface area contributed by atoms with Crippen molar-refractivity contribution >= 4 is 11.5 Å². The number of nitrogen functional groups attached to an aromatic ring is 1. The Kier molecular flexibility index (Phi) is 3.81. The molecule has 0 amide bonds. The first-order valence-corrected chi connectivity index (χ1v) is 6.03. The second-order valence-corrected chi connectivity index (χ2v) is 4.50. The quantitative estimate of drug-likeness (QED) is 0.598. The van der Waals surface area contributed by atoms with Gasteiger partial charge in [-0.3, -0.25) is 5.41 Å². The molecular formula is C13H18FN3O. The van der Waals surface area contributed by atoms with Gasteiger partial charge in [-0.05, 0) is 31.0 Å². The van der Waals surface area contributed by atoms with Gasteiger partial charge in [0, 0.05) is 25.3 Å². The van der Waals surface area contributed by atoms with Crippen molar-refractivity contribution in [2.75, 3.05) is 25.2 Å². The number of nitrogens with one attached hydrogen (secondary N) is 1. The van der Waals surface area contributed by atoms with Crippen molar-refractivity contribution in [2.24, 2.45) is 5.73 Å². The Morgan fingerprint density at radius 2 is 2.28 bits per heavy atom. The summed E-state index contributed by atoms with van der Waals surface area (Å²) in [7, 11) is 1.64. The van der Waals surface area contributed by atoms with Crippen LogP contribution in [0.3, 0.4) is 0 Å². The van der Waals surface area contributed by atoms with Crippen LogP contribution in [-0.4, -0.2) is 32.1 Å². The van der Waals surface area contributed by atoms with Crippen LogP contribution in [0.2, 0.25) is 0 Å². The van der Waals surface area contributed by atoms with Crippen LogP contribution in [0.1, 0.15) is 18.4 Å². The first-order chi connectivity index (χ1) is 8.63. The lowest BCUT2D eigenvalue weighted by atomic mass is 10.1. The Balaban J connectivity index is 2.21. The zero-order valence-corrected chi connectivity index (χ0v) is 10.4. The van der Waals surface area contributed by atoms with Crippen LogP contribution in [0.5, 0.6) is 0 Å². The Morgan fingerprint density at radius 1 is 1.56 bits per heavy atom. The molecule has 1 aromatic rings. The van der Waals surface area contributed by atoms with Gasteiger partial charge in [0.25, 0.3) is 0 Å². The number of nitrogens with zero attached hydrogens (tertiary/aromatic N) is 1. The molecular weight excluding hydrogens is 233 g/mol. The molecule has 0 heterocycles. The largest absolute Gasteiger partial charge is 0.384 e. The fraction of sp³-hybridized carbons (Fsp3) is 0.462. The third-order valence-corrected chi connectivity index (χ3v) is 3.09. The van der Waals surface area contributed by atoms with Crippen LogP contribution in [0.15, 0.2) is 18.2 Å². The van der Waals surface area contributed by atoms with E-state index in [9.17, 15) is 4.39 Å². The van der Waals surface area contributed by atoms with E-state index in [0.717, 1.165) is 12.8 Å². The minimum absolute atomic E-state index is 0.115. The minimum Gasteiger partial charge on any atom is -0.384 e. The van der Waals surface area contributed by atoms with Crippen molar-refractivity contribution in [3.05, 3.63) is 29.6 Å². The van der Waals surface area contributed by atoms with E-state index in [-0.39, 0.29) is 11.7 Å². The molecule has 0 saturated heterocycles. The maximum atomic E-state index is 14.0. The van der Waals surface area contributed by atoms with Crippen LogP contribution in [0, 0.1) is 11.2 Å². The molecule has 0 aromatic heterocycles. The lowest BCUT2D eigenvalue weighted by Gasteiger charge is -2.25. The van der Waals surface area contributed by atoms with E-state index in [1.165, 1.54) is 6.07 Å². The molecule has 98 valence electrons. The molecule has 1 fully saturated rings. The molecule has 3 N–H and O–H groups in total. The summed E-state index contributed by atoms with van der Waals surface area (Å²) in [6.07, 6.45) is 2.19. The number of benzene rings is 1. The van der Waals surface area contributed by atoms with Gasteiger partial charge in [0.1, 0.15) is 11.7 Å². The summed E-state index contributed by atoms with van der Waals surface area (Å²) >= 11 is 0. The van der Waals surface area contributed by atoms with Crippen molar-refractivity contribution in [3.63, 3.8) is 0 Å². The smallest absolute Gasteiger partial charge is 0.147 e. The minimum atomic E-state index is -0.328. The van der Waals surface area contributed by atoms with Crippen LogP contribution >= 0.6 is 0 Å². The Morgan fingerprint density at radius 3 is 2.78 bits per heavy atom. The highest BCUT2D eigenvalue weighted by Gasteiger charge is 2.30. The number of amidine groups is 1. The molecule has 1 saturated carbocycles. The first-order valence-electron chi connectivity index (χ1n) is 6.03. The lowest BCUT2D eigenvalue weighted by Crippen LogP contribution is -2.30. The highest BCUT2D eigenvalue weighted by atomic mass is 19.1. The summed E-state index contributed by atoms with van der Waals surface area (Å²) in [4.78, 5) is 2.03. The fourth-order valence-electron chi connectivity index (χ4n) is 1.98. The molecule has 1 aromatic carbocycles. The number of anilines is 1. The monoisotopic (exact) mass is 251 g/mol. The highest BCUT2D eigenvalue weighted by molar-refractivity contribution is 5.95. The van der Waals surface area contributed by atoms with Crippen LogP contribution < -0.4 is 10.6 Å². The molecule has 2 rings (SSSR count). The van der Waals surface area contributed by atoms with E-state index in [0.29, 0.717) is 30.4 Å². The van der Waals surface area contributed by atoms with E-state index in [4.69, 9.17) is 15.9 Å². The van der Waals surface area contributed by atoms with Gasteiger partial charge in [-0.15, -0.1) is 0 Å². The first kappa shape index (κ1) is 12.8. The van der Waals surface area contributed by atoms with Crippen LogP contribution in [0.4, 0.5) is 10.1 Å². The fourth-order valence-corrected chi connectivity index (χ4v) is 1.98. The average Bonchev–Trinajstić information content (AvgIpc) is 3.15. The van der Waals surface area contributed by atoms with Gasteiger partial charge in [0.2, 0.25) is 0 Å². The summed E-state index contributed by atoms with van der Waals surface area (Å²) in [5, 5.41) is 7.30. The molecule has 4 nitrogen and oxygen atoms in total. The van der Waals surface area contributed by atoms with E-state index < -0.39 is 0 Å². The van der Waals surface area contributed by atoms with Crippen molar-refractivity contribution in [3.8, 4) is 0 Å². The van der Waals surface area contributed by atoms with Crippen molar-refractivity contribution in [1.82, 2.24) is 0 Å². The van der Waals surface area contributed by atoms with Gasteiger partial charge in [-0.25, -0.2) is 4.39 Å². The second-order valence-electron chi connectivity index (χ2n) is 4.50. The molecule has 0 radical (unpaired) electrons. The number of hydrogen-bond donors (Lipinski definition) is 2. The Hall–Kier alpha value is -1.62. The maximum Gasteiger partial charge on any atom is 0.147 e. The summed E-state index contributed by atoms with van der Waals surface area (Å²) in [6, 6.07) is 5.11. The Bertz CT molecular complexity index is 446. The van der Waals surface area contributed by atoms with Crippen LogP contribution in [-0.2, 0) is 4.74 Å². The highest BCUT2D eigenvalue weighted by Crippen LogP contribution is 2.33. The molecule has 5 heteroatoms. The van der Waals surface area contributed by atoms with E-state index >= 15 is 0 Å². The molecule has 0 bridgehead atoms. The normalized spacial score (nSPS) is 14.6. The average molecular weight is 251 g/mol. The lowest BCUT2D eigenvalue weighted by molar-refractivity contribution is 0.204. The molecule has 1 aliphatic carbocycles. The SMILES string of the molecule is COCCN(c1ccc(C(=N)N)cc1F)C1CC1. The van der Waals surface area contributed by atoms with Gasteiger partial charge in [0.05, 0.1) is 12.3 Å². The molecule has 0 aliphatic heterocycles. The summed E-state index contributed by atoms with van der Waals surface area (Å²) < 4.78 is 19.1. The second kappa shape index (κ2) is 5.35. The maximum absolute atomic E-state index is 14.0. The number of halogens is 1. The predicted molar refractivity (Wildman–Crippen MR) is 69.7 cm³/mol. The van der Waals surface area contributed by atoms with Gasteiger partial charge in [-0.2, -0.15) is 0 Å². The van der Waals surface area contributed by atoms with Gasteiger partial charge < -0.3 is 15.4 Å². The van der Waals surface area contributed by atoms with Crippen molar-refractivity contribution in [2.45, 2.75) is 18.9 Å². The zero-order valence-electron chi connectivity index (χ0n) is 10.4. The van der Waals surface area contributed by atoms with E-state index in [1.807, 2.05) is 4.90 Å². The Labute approximate surface area is 106 Å². The number of methoxy groups -OCH3 is 1. The van der Waals surface area contributed by atoms with Crippen molar-refractivity contribution < 1.29 is 9.13 Å². The van der Waals surface area contributed by atoms with Gasteiger partial charge >= 0.3 is 0 Å². The zero-order chi connectivity index (χ0) is 13.1. The van der Waals surface area contributed by atoms with Gasteiger partial charge in [-0.1, -0.05) is 0 Å². The molecule has 0 spiro atoms. The standard InChI is InChI=1S/C13H18FN3O/c1-18-7-6-17(10-3-4-10)12-5-2-9(13(15)16)8-11(12)14/h2,5,8,10H,3-4,6-7H2,1H3,(H3,15,16).